The Morgan fingerprint density at radius 1 is 1.47 bits per heavy atom. The number of nitrogens with zero attached hydrogens (tertiary/aromatic N) is 1. The SMILES string of the molecule is Cc1cc(N)nc(CC2CNCC2C)c1. The maximum absolute atomic E-state index is 5.74. The van der Waals surface area contributed by atoms with Crippen LogP contribution in [0.15, 0.2) is 12.1 Å². The van der Waals surface area contributed by atoms with Gasteiger partial charge in [0, 0.05) is 5.69 Å². The summed E-state index contributed by atoms with van der Waals surface area (Å²) < 4.78 is 0. The molecule has 82 valence electrons. The molecule has 3 nitrogen and oxygen atoms in total. The minimum Gasteiger partial charge on any atom is -0.384 e. The smallest absolute Gasteiger partial charge is 0.123 e. The van der Waals surface area contributed by atoms with Gasteiger partial charge in [-0.15, -0.1) is 0 Å². The third-order valence-electron chi connectivity index (χ3n) is 3.19. The second-order valence-electron chi connectivity index (χ2n) is 4.66. The number of aromatic nitrogens is 1. The zero-order valence-electron chi connectivity index (χ0n) is 9.46. The van der Waals surface area contributed by atoms with Gasteiger partial charge >= 0.3 is 0 Å². The molecule has 1 aliphatic rings. The molecule has 0 aromatic carbocycles. The second kappa shape index (κ2) is 4.19. The number of hydrogen-bond acceptors (Lipinski definition) is 3. The summed E-state index contributed by atoms with van der Waals surface area (Å²) in [5.41, 5.74) is 8.08. The van der Waals surface area contributed by atoms with Crippen LogP contribution in [-0.4, -0.2) is 18.1 Å². The number of anilines is 1. The van der Waals surface area contributed by atoms with E-state index >= 15 is 0 Å². The van der Waals surface area contributed by atoms with E-state index in [9.17, 15) is 0 Å². The Hall–Kier alpha value is -1.09. The molecule has 0 spiro atoms. The van der Waals surface area contributed by atoms with E-state index in [2.05, 4.69) is 30.2 Å². The topological polar surface area (TPSA) is 50.9 Å². The normalized spacial score (nSPS) is 25.7. The molecule has 1 fully saturated rings. The zero-order valence-corrected chi connectivity index (χ0v) is 9.46. The third-order valence-corrected chi connectivity index (χ3v) is 3.19. The molecule has 3 heteroatoms. The summed E-state index contributed by atoms with van der Waals surface area (Å²) in [6.45, 7) is 6.60. The first-order valence-corrected chi connectivity index (χ1v) is 5.59. The van der Waals surface area contributed by atoms with Crippen LogP contribution in [0, 0.1) is 18.8 Å². The first-order valence-electron chi connectivity index (χ1n) is 5.59. The molecule has 2 unspecified atom stereocenters. The van der Waals surface area contributed by atoms with Crippen molar-refractivity contribution in [1.82, 2.24) is 10.3 Å². The highest BCUT2D eigenvalue weighted by molar-refractivity contribution is 5.34. The molecule has 2 atom stereocenters. The van der Waals surface area contributed by atoms with E-state index in [1.54, 1.807) is 0 Å². The van der Waals surface area contributed by atoms with Crippen LogP contribution in [0.2, 0.25) is 0 Å². The van der Waals surface area contributed by atoms with Crippen molar-refractivity contribution >= 4 is 5.82 Å². The fraction of sp³-hybridized carbons (Fsp3) is 0.583. The van der Waals surface area contributed by atoms with Gasteiger partial charge in [0.1, 0.15) is 5.82 Å². The molecule has 1 aromatic heterocycles. The van der Waals surface area contributed by atoms with Gasteiger partial charge in [-0.3, -0.25) is 0 Å². The van der Waals surface area contributed by atoms with Gasteiger partial charge < -0.3 is 11.1 Å². The summed E-state index contributed by atoms with van der Waals surface area (Å²) in [6.07, 6.45) is 1.04. The van der Waals surface area contributed by atoms with Gasteiger partial charge in [0.2, 0.25) is 0 Å². The van der Waals surface area contributed by atoms with E-state index in [1.807, 2.05) is 6.07 Å². The average Bonchev–Trinajstić information content (AvgIpc) is 2.50. The van der Waals surface area contributed by atoms with Crippen LogP contribution in [-0.2, 0) is 6.42 Å². The van der Waals surface area contributed by atoms with Crippen LogP contribution in [0.1, 0.15) is 18.2 Å². The highest BCUT2D eigenvalue weighted by atomic mass is 14.9. The van der Waals surface area contributed by atoms with Gasteiger partial charge in [-0.2, -0.15) is 0 Å². The van der Waals surface area contributed by atoms with Crippen molar-refractivity contribution in [3.05, 3.63) is 23.4 Å². The van der Waals surface area contributed by atoms with Crippen LogP contribution in [0.5, 0.6) is 0 Å². The Bertz CT molecular complexity index is 328. The standard InChI is InChI=1S/C12H19N3/c1-8-3-11(15-12(13)4-8)5-10-7-14-6-9(10)2/h3-4,9-10,14H,5-7H2,1-2H3,(H2,13,15). The molecular weight excluding hydrogens is 186 g/mol. The van der Waals surface area contributed by atoms with Crippen LogP contribution in [0.25, 0.3) is 0 Å². The lowest BCUT2D eigenvalue weighted by molar-refractivity contribution is 0.446. The van der Waals surface area contributed by atoms with Crippen LogP contribution < -0.4 is 11.1 Å². The van der Waals surface area contributed by atoms with Gasteiger partial charge in [0.15, 0.2) is 0 Å². The van der Waals surface area contributed by atoms with Crippen molar-refractivity contribution in [2.45, 2.75) is 20.3 Å². The van der Waals surface area contributed by atoms with Gasteiger partial charge in [0.05, 0.1) is 0 Å². The Kier molecular flexibility index (Phi) is 2.91. The maximum Gasteiger partial charge on any atom is 0.123 e. The van der Waals surface area contributed by atoms with Crippen molar-refractivity contribution < 1.29 is 0 Å². The molecule has 0 aliphatic carbocycles. The number of nitrogens with one attached hydrogen (secondary N) is 1. The van der Waals surface area contributed by atoms with Crippen molar-refractivity contribution in [2.24, 2.45) is 11.8 Å². The predicted molar refractivity (Wildman–Crippen MR) is 62.6 cm³/mol. The van der Waals surface area contributed by atoms with E-state index in [4.69, 9.17) is 5.73 Å². The number of nitrogens with two attached hydrogens (primary N) is 1. The Balaban J connectivity index is 2.10. The van der Waals surface area contributed by atoms with Crippen molar-refractivity contribution in [3.8, 4) is 0 Å². The lowest BCUT2D eigenvalue weighted by Gasteiger charge is -2.13. The van der Waals surface area contributed by atoms with Gasteiger partial charge in [0.25, 0.3) is 0 Å². The van der Waals surface area contributed by atoms with Crippen LogP contribution >= 0.6 is 0 Å². The predicted octanol–water partition coefficient (Wildman–Crippen LogP) is 1.37. The molecule has 1 aromatic rings. The molecule has 0 saturated carbocycles. The summed E-state index contributed by atoms with van der Waals surface area (Å²) in [4.78, 5) is 4.38. The summed E-state index contributed by atoms with van der Waals surface area (Å²) in [5, 5.41) is 3.41. The van der Waals surface area contributed by atoms with E-state index in [1.165, 1.54) is 5.56 Å². The van der Waals surface area contributed by atoms with Gasteiger partial charge in [-0.05, 0) is 56.0 Å². The molecule has 0 radical (unpaired) electrons. The third kappa shape index (κ3) is 2.48. The summed E-state index contributed by atoms with van der Waals surface area (Å²) in [6, 6.07) is 4.06. The summed E-state index contributed by atoms with van der Waals surface area (Å²) in [7, 11) is 0. The fourth-order valence-corrected chi connectivity index (χ4v) is 2.28. The number of hydrogen-bond donors (Lipinski definition) is 2. The minimum absolute atomic E-state index is 0.642. The monoisotopic (exact) mass is 205 g/mol. The molecule has 1 saturated heterocycles. The molecule has 0 bridgehead atoms. The Morgan fingerprint density at radius 2 is 2.27 bits per heavy atom. The highest BCUT2D eigenvalue weighted by Gasteiger charge is 2.23. The fourth-order valence-electron chi connectivity index (χ4n) is 2.28. The zero-order chi connectivity index (χ0) is 10.8. The summed E-state index contributed by atoms with van der Waals surface area (Å²) >= 11 is 0. The molecule has 2 heterocycles. The van der Waals surface area contributed by atoms with Crippen LogP contribution in [0.3, 0.4) is 0 Å². The molecular formula is C12H19N3. The molecule has 15 heavy (non-hydrogen) atoms. The molecule has 1 aliphatic heterocycles. The number of rotatable bonds is 2. The number of nitrogen functional groups attached to an aromatic ring is 1. The van der Waals surface area contributed by atoms with E-state index in [0.29, 0.717) is 11.7 Å². The van der Waals surface area contributed by atoms with Crippen molar-refractivity contribution in [3.63, 3.8) is 0 Å². The van der Waals surface area contributed by atoms with E-state index < -0.39 is 0 Å². The molecule has 2 rings (SSSR count). The largest absolute Gasteiger partial charge is 0.384 e. The lowest BCUT2D eigenvalue weighted by Crippen LogP contribution is -2.14. The van der Waals surface area contributed by atoms with Gasteiger partial charge in [-0.25, -0.2) is 4.98 Å². The molecule has 0 amide bonds. The van der Waals surface area contributed by atoms with Crippen molar-refractivity contribution in [2.75, 3.05) is 18.8 Å². The number of pyridine rings is 1. The quantitative estimate of drug-likeness (QED) is 0.766. The first-order chi connectivity index (χ1) is 7.15. The van der Waals surface area contributed by atoms with Gasteiger partial charge in [-0.1, -0.05) is 6.92 Å². The first kappa shape index (κ1) is 10.4. The Morgan fingerprint density at radius 3 is 2.87 bits per heavy atom. The maximum atomic E-state index is 5.74. The van der Waals surface area contributed by atoms with Crippen molar-refractivity contribution in [1.29, 1.82) is 0 Å². The molecule has 3 N–H and O–H groups in total. The number of aryl methyl sites for hydroxylation is 1. The Labute approximate surface area is 91.1 Å². The minimum atomic E-state index is 0.642. The van der Waals surface area contributed by atoms with Crippen LogP contribution in [0.4, 0.5) is 5.82 Å². The van der Waals surface area contributed by atoms with E-state index in [-0.39, 0.29) is 0 Å². The van der Waals surface area contributed by atoms with E-state index in [0.717, 1.165) is 31.1 Å². The average molecular weight is 205 g/mol. The summed E-state index contributed by atoms with van der Waals surface area (Å²) in [5.74, 6) is 2.09. The highest BCUT2D eigenvalue weighted by Crippen LogP contribution is 2.20. The lowest BCUT2D eigenvalue weighted by atomic mass is 9.93. The second-order valence-corrected chi connectivity index (χ2v) is 4.66.